The summed E-state index contributed by atoms with van der Waals surface area (Å²) in [6, 6.07) is 8.55. The van der Waals surface area contributed by atoms with Crippen molar-refractivity contribution in [3.63, 3.8) is 0 Å². The second-order valence-electron chi connectivity index (χ2n) is 3.79. The number of hydrogen-bond donors (Lipinski definition) is 0. The van der Waals surface area contributed by atoms with E-state index < -0.39 is 0 Å². The molecule has 0 aliphatic heterocycles. The molecule has 0 amide bonds. The number of rotatable bonds is 2. The maximum Gasteiger partial charge on any atom is 0.210 e. The fourth-order valence-electron chi connectivity index (χ4n) is 1.86. The van der Waals surface area contributed by atoms with Gasteiger partial charge in [-0.05, 0) is 40.2 Å². The highest BCUT2D eigenvalue weighted by molar-refractivity contribution is 9.10. The van der Waals surface area contributed by atoms with Crippen LogP contribution in [-0.4, -0.2) is 14.2 Å². The lowest BCUT2D eigenvalue weighted by Gasteiger charge is -2.07. The molecule has 0 radical (unpaired) electrons. The molecule has 0 aromatic heterocycles. The van der Waals surface area contributed by atoms with E-state index in [0.717, 1.165) is 0 Å². The first-order chi connectivity index (χ1) is 9.12. The van der Waals surface area contributed by atoms with Gasteiger partial charge < -0.3 is 9.47 Å². The normalized spacial score (nSPS) is 10.0. The molecule has 0 saturated heterocycles. The van der Waals surface area contributed by atoms with Gasteiger partial charge in [-0.25, -0.2) is 0 Å². The molecule has 0 unspecified atom stereocenters. The van der Waals surface area contributed by atoms with Gasteiger partial charge in [-0.2, -0.15) is 5.26 Å². The first-order valence-corrected chi connectivity index (χ1v) is 6.20. The van der Waals surface area contributed by atoms with Crippen molar-refractivity contribution in [3.05, 3.63) is 44.5 Å². The van der Waals surface area contributed by atoms with Crippen LogP contribution in [0.3, 0.4) is 0 Å². The lowest BCUT2D eigenvalue weighted by Crippen LogP contribution is -2.01. The third-order valence-electron chi connectivity index (χ3n) is 2.79. The first kappa shape index (κ1) is 13.4. The van der Waals surface area contributed by atoms with Crippen LogP contribution in [0.1, 0.15) is 5.56 Å². The summed E-state index contributed by atoms with van der Waals surface area (Å²) in [7, 11) is 3.08. The molecule has 0 heterocycles. The molecule has 0 fully saturated rings. The van der Waals surface area contributed by atoms with Gasteiger partial charge in [0.05, 0.1) is 18.7 Å². The standard InChI is InChI=1S/C14H10BrNO3/c1-18-12-3-4-13(19-2)10-6-11(15)14(17)8(7-16)5-9(10)12/h3-6H,1-2H3. The van der Waals surface area contributed by atoms with Crippen LogP contribution in [0.25, 0.3) is 10.8 Å². The van der Waals surface area contributed by atoms with Gasteiger partial charge in [0.15, 0.2) is 0 Å². The minimum Gasteiger partial charge on any atom is -0.496 e. The van der Waals surface area contributed by atoms with Crippen LogP contribution in [0.4, 0.5) is 0 Å². The maximum absolute atomic E-state index is 12.0. The van der Waals surface area contributed by atoms with Crippen LogP contribution in [-0.2, 0) is 0 Å². The van der Waals surface area contributed by atoms with Gasteiger partial charge in [-0.1, -0.05) is 0 Å². The van der Waals surface area contributed by atoms with Crippen LogP contribution < -0.4 is 14.9 Å². The molecule has 0 aliphatic carbocycles. The van der Waals surface area contributed by atoms with Crippen LogP contribution in [0.15, 0.2) is 33.5 Å². The second-order valence-corrected chi connectivity index (χ2v) is 4.64. The van der Waals surface area contributed by atoms with Crippen molar-refractivity contribution in [3.8, 4) is 17.6 Å². The predicted octanol–water partition coefficient (Wildman–Crippen LogP) is 2.85. The van der Waals surface area contributed by atoms with Crippen molar-refractivity contribution in [1.29, 1.82) is 5.26 Å². The maximum atomic E-state index is 12.0. The number of benzene rings is 1. The van der Waals surface area contributed by atoms with E-state index in [9.17, 15) is 4.79 Å². The fraction of sp³-hybridized carbons (Fsp3) is 0.143. The lowest BCUT2D eigenvalue weighted by atomic mass is 10.1. The zero-order chi connectivity index (χ0) is 14.0. The van der Waals surface area contributed by atoms with Crippen molar-refractivity contribution in [1.82, 2.24) is 0 Å². The molecule has 96 valence electrons. The average molecular weight is 320 g/mol. The van der Waals surface area contributed by atoms with Gasteiger partial charge in [0.2, 0.25) is 5.43 Å². The zero-order valence-electron chi connectivity index (χ0n) is 10.4. The minimum atomic E-state index is -0.359. The van der Waals surface area contributed by atoms with Gasteiger partial charge in [-0.3, -0.25) is 4.79 Å². The van der Waals surface area contributed by atoms with Crippen molar-refractivity contribution >= 4 is 26.7 Å². The molecular weight excluding hydrogens is 310 g/mol. The number of fused-ring (bicyclic) bond motifs is 1. The molecule has 0 N–H and O–H groups in total. The first-order valence-electron chi connectivity index (χ1n) is 5.41. The molecular formula is C14H10BrNO3. The Morgan fingerprint density at radius 2 is 1.63 bits per heavy atom. The van der Waals surface area contributed by atoms with Gasteiger partial charge in [0, 0.05) is 10.8 Å². The molecule has 5 heteroatoms. The van der Waals surface area contributed by atoms with Gasteiger partial charge in [-0.15, -0.1) is 0 Å². The minimum absolute atomic E-state index is 0.0495. The summed E-state index contributed by atoms with van der Waals surface area (Å²) < 4.78 is 10.9. The molecule has 19 heavy (non-hydrogen) atoms. The lowest BCUT2D eigenvalue weighted by molar-refractivity contribution is 0.410. The quantitative estimate of drug-likeness (QED) is 0.854. The number of hydrogen-bond acceptors (Lipinski definition) is 4. The van der Waals surface area contributed by atoms with E-state index in [1.165, 1.54) is 13.2 Å². The molecule has 2 aromatic carbocycles. The summed E-state index contributed by atoms with van der Waals surface area (Å²) in [4.78, 5) is 12.0. The van der Waals surface area contributed by atoms with Gasteiger partial charge >= 0.3 is 0 Å². The Hall–Kier alpha value is -2.06. The summed E-state index contributed by atoms with van der Waals surface area (Å²) in [5.41, 5.74) is -0.309. The molecule has 0 atom stereocenters. The Kier molecular flexibility index (Phi) is 3.72. The van der Waals surface area contributed by atoms with E-state index in [0.29, 0.717) is 26.7 Å². The topological polar surface area (TPSA) is 59.3 Å². The molecule has 0 saturated carbocycles. The summed E-state index contributed by atoms with van der Waals surface area (Å²) in [5, 5.41) is 10.4. The van der Waals surface area contributed by atoms with E-state index >= 15 is 0 Å². The van der Waals surface area contributed by atoms with Crippen molar-refractivity contribution < 1.29 is 9.47 Å². The number of ether oxygens (including phenoxy) is 2. The molecule has 2 aromatic rings. The summed E-state index contributed by atoms with van der Waals surface area (Å²) in [5.74, 6) is 1.19. The smallest absolute Gasteiger partial charge is 0.210 e. The summed E-state index contributed by atoms with van der Waals surface area (Å²) in [6.07, 6.45) is 0. The Morgan fingerprint density at radius 3 is 2.11 bits per heavy atom. The SMILES string of the molecule is COc1ccc(OC)c2cc(C#N)c(=O)c(Br)cc12. The Morgan fingerprint density at radius 1 is 1.11 bits per heavy atom. The number of nitriles is 1. The van der Waals surface area contributed by atoms with Crippen molar-refractivity contribution in [2.75, 3.05) is 14.2 Å². The second kappa shape index (κ2) is 5.29. The highest BCUT2D eigenvalue weighted by atomic mass is 79.9. The molecule has 2 rings (SSSR count). The summed E-state index contributed by atoms with van der Waals surface area (Å²) >= 11 is 3.19. The number of methoxy groups -OCH3 is 2. The molecule has 0 bridgehead atoms. The van der Waals surface area contributed by atoms with E-state index in [1.807, 2.05) is 6.07 Å². The van der Waals surface area contributed by atoms with E-state index in [-0.39, 0.29) is 11.0 Å². The van der Waals surface area contributed by atoms with E-state index in [1.54, 1.807) is 25.3 Å². The van der Waals surface area contributed by atoms with Gasteiger partial charge in [0.25, 0.3) is 0 Å². The van der Waals surface area contributed by atoms with Crippen molar-refractivity contribution in [2.45, 2.75) is 0 Å². The van der Waals surface area contributed by atoms with Crippen LogP contribution >= 0.6 is 15.9 Å². The van der Waals surface area contributed by atoms with Crippen LogP contribution in [0, 0.1) is 11.3 Å². The van der Waals surface area contributed by atoms with Crippen molar-refractivity contribution in [2.24, 2.45) is 0 Å². The van der Waals surface area contributed by atoms with Gasteiger partial charge in [0.1, 0.15) is 23.1 Å². The third-order valence-corrected chi connectivity index (χ3v) is 3.38. The summed E-state index contributed by atoms with van der Waals surface area (Å²) in [6.45, 7) is 0. The Labute approximate surface area is 118 Å². The number of halogens is 1. The molecule has 0 spiro atoms. The van der Waals surface area contributed by atoms with E-state index in [4.69, 9.17) is 14.7 Å². The average Bonchev–Trinajstić information content (AvgIpc) is 2.56. The highest BCUT2D eigenvalue weighted by Crippen LogP contribution is 2.33. The fourth-order valence-corrected chi connectivity index (χ4v) is 2.31. The van der Waals surface area contributed by atoms with Crippen LogP contribution in [0.2, 0.25) is 0 Å². The zero-order valence-corrected chi connectivity index (χ0v) is 11.9. The molecule has 0 aliphatic rings. The predicted molar refractivity (Wildman–Crippen MR) is 75.7 cm³/mol. The monoisotopic (exact) mass is 319 g/mol. The van der Waals surface area contributed by atoms with E-state index in [2.05, 4.69) is 15.9 Å². The molecule has 4 nitrogen and oxygen atoms in total. The van der Waals surface area contributed by atoms with Crippen LogP contribution in [0.5, 0.6) is 11.5 Å². The largest absolute Gasteiger partial charge is 0.496 e. The number of nitrogens with zero attached hydrogens (tertiary/aromatic N) is 1. The third kappa shape index (κ3) is 2.27. The Balaban J connectivity index is 3.07. The Bertz CT molecular complexity index is 750. The highest BCUT2D eigenvalue weighted by Gasteiger charge is 2.11.